The number of aromatic nitrogens is 3. The molecule has 1 fully saturated rings. The summed E-state index contributed by atoms with van der Waals surface area (Å²) in [6.07, 6.45) is -3.66. The minimum absolute atomic E-state index is 0.0102. The quantitative estimate of drug-likeness (QED) is 0.629. The number of rotatable bonds is 4. The van der Waals surface area contributed by atoms with Crippen molar-refractivity contribution in [1.29, 1.82) is 0 Å². The van der Waals surface area contributed by atoms with Crippen molar-refractivity contribution in [2.45, 2.75) is 19.1 Å². The predicted molar refractivity (Wildman–Crippen MR) is 112 cm³/mol. The second-order valence-electron chi connectivity index (χ2n) is 6.87. The molecule has 0 saturated carbocycles. The van der Waals surface area contributed by atoms with Crippen molar-refractivity contribution in [3.8, 4) is 11.1 Å². The highest BCUT2D eigenvalue weighted by molar-refractivity contribution is 7.99. The molecule has 0 aliphatic carbocycles. The van der Waals surface area contributed by atoms with Crippen LogP contribution >= 0.6 is 11.8 Å². The second kappa shape index (κ2) is 8.69. The van der Waals surface area contributed by atoms with Crippen LogP contribution < -0.4 is 5.32 Å². The van der Waals surface area contributed by atoms with Gasteiger partial charge in [-0.05, 0) is 30.7 Å². The molecule has 0 unspecified atom stereocenters. The van der Waals surface area contributed by atoms with E-state index in [-0.39, 0.29) is 18.1 Å². The number of hydrogen-bond donors (Lipinski definition) is 1. The van der Waals surface area contributed by atoms with Crippen molar-refractivity contribution in [3.05, 3.63) is 48.2 Å². The molecule has 0 radical (unpaired) electrons. The normalized spacial score (nSPS) is 16.4. The number of nitrogens with zero attached hydrogens (tertiary/aromatic N) is 4. The smallest absolute Gasteiger partial charge is 0.417 e. The topological polar surface area (TPSA) is 88.8 Å². The van der Waals surface area contributed by atoms with Gasteiger partial charge in [0.15, 0.2) is 5.65 Å². The van der Waals surface area contributed by atoms with Crippen LogP contribution in [0.15, 0.2) is 42.6 Å². The summed E-state index contributed by atoms with van der Waals surface area (Å²) in [5.74, 6) is 0.243. The number of alkyl halides is 3. The second-order valence-corrected chi connectivity index (χ2v) is 7.87. The summed E-state index contributed by atoms with van der Waals surface area (Å²) in [7, 11) is 0. The number of fused-ring (bicyclic) bond motifs is 1. The van der Waals surface area contributed by atoms with Gasteiger partial charge in [0.25, 0.3) is 5.91 Å². The number of carbonyl (C=O) groups excluding carboxylic acids is 2. The van der Waals surface area contributed by atoms with Crippen molar-refractivity contribution >= 4 is 35.4 Å². The average molecular weight is 465 g/mol. The predicted octanol–water partition coefficient (Wildman–Crippen LogP) is 3.89. The molecule has 1 saturated heterocycles. The molecule has 8 nitrogen and oxygen atoms in total. The molecule has 4 rings (SSSR count). The zero-order chi connectivity index (χ0) is 22.9. The van der Waals surface area contributed by atoms with E-state index in [0.29, 0.717) is 22.8 Å². The van der Waals surface area contributed by atoms with Crippen LogP contribution in [0.1, 0.15) is 12.5 Å². The highest BCUT2D eigenvalue weighted by Gasteiger charge is 2.36. The number of pyridine rings is 1. The van der Waals surface area contributed by atoms with Crippen molar-refractivity contribution in [2.75, 3.05) is 23.6 Å². The van der Waals surface area contributed by atoms with Gasteiger partial charge < -0.3 is 4.74 Å². The lowest BCUT2D eigenvalue weighted by atomic mass is 10.0. The monoisotopic (exact) mass is 465 g/mol. The fourth-order valence-corrected chi connectivity index (χ4v) is 4.46. The number of anilines is 1. The van der Waals surface area contributed by atoms with Crippen LogP contribution in [-0.2, 0) is 15.7 Å². The molecule has 0 spiro atoms. The Balaban J connectivity index is 1.57. The molecular formula is C20H18F3N5O3S. The van der Waals surface area contributed by atoms with Gasteiger partial charge in [-0.3, -0.25) is 15.0 Å². The van der Waals surface area contributed by atoms with Crippen molar-refractivity contribution in [3.63, 3.8) is 0 Å². The molecule has 12 heteroatoms. The molecule has 3 aromatic rings. The summed E-state index contributed by atoms with van der Waals surface area (Å²) >= 11 is 1.42. The lowest BCUT2D eigenvalue weighted by Gasteiger charge is -2.21. The van der Waals surface area contributed by atoms with Gasteiger partial charge in [0, 0.05) is 17.5 Å². The molecule has 2 amide bonds. The molecule has 0 bridgehead atoms. The number of halogens is 3. The van der Waals surface area contributed by atoms with E-state index < -0.39 is 29.8 Å². The van der Waals surface area contributed by atoms with Gasteiger partial charge in [0.2, 0.25) is 5.95 Å². The van der Waals surface area contributed by atoms with Gasteiger partial charge in [-0.2, -0.15) is 18.2 Å². The first-order valence-corrected chi connectivity index (χ1v) is 10.8. The minimum atomic E-state index is -4.50. The maximum absolute atomic E-state index is 13.4. The summed E-state index contributed by atoms with van der Waals surface area (Å²) in [5.41, 5.74) is -0.104. The van der Waals surface area contributed by atoms with Crippen LogP contribution in [0.5, 0.6) is 0 Å². The summed E-state index contributed by atoms with van der Waals surface area (Å²) in [4.78, 5) is 30.2. The Morgan fingerprint density at radius 2 is 2.03 bits per heavy atom. The van der Waals surface area contributed by atoms with E-state index in [1.807, 2.05) is 0 Å². The highest BCUT2D eigenvalue weighted by Crippen LogP contribution is 2.36. The van der Waals surface area contributed by atoms with Gasteiger partial charge in [0.1, 0.15) is 6.04 Å². The molecule has 1 aliphatic rings. The van der Waals surface area contributed by atoms with Crippen LogP contribution in [0.3, 0.4) is 0 Å². The average Bonchev–Trinajstić information content (AvgIpc) is 3.39. The molecule has 1 aliphatic heterocycles. The van der Waals surface area contributed by atoms with Crippen LogP contribution in [0.2, 0.25) is 0 Å². The zero-order valence-corrected chi connectivity index (χ0v) is 17.6. The number of carbonyl (C=O) groups is 2. The number of amides is 2. The van der Waals surface area contributed by atoms with E-state index in [2.05, 4.69) is 15.4 Å². The molecule has 168 valence electrons. The fraction of sp³-hybridized carbons (Fsp3) is 0.300. The first kappa shape index (κ1) is 21.9. The summed E-state index contributed by atoms with van der Waals surface area (Å²) < 4.78 is 46.3. The molecule has 1 aromatic carbocycles. The molecule has 1 atom stereocenters. The lowest BCUT2D eigenvalue weighted by Crippen LogP contribution is -2.44. The number of hydrogen-bond acceptors (Lipinski definition) is 6. The summed E-state index contributed by atoms with van der Waals surface area (Å²) in [6.45, 7) is 1.88. The van der Waals surface area contributed by atoms with E-state index in [0.717, 1.165) is 6.07 Å². The van der Waals surface area contributed by atoms with Crippen molar-refractivity contribution in [2.24, 2.45) is 0 Å². The molecule has 2 aromatic heterocycles. The largest absolute Gasteiger partial charge is 0.450 e. The highest BCUT2D eigenvalue weighted by atomic mass is 32.2. The molecular weight excluding hydrogens is 447 g/mol. The molecule has 32 heavy (non-hydrogen) atoms. The van der Waals surface area contributed by atoms with E-state index >= 15 is 0 Å². The third kappa shape index (κ3) is 4.35. The number of benzene rings is 1. The van der Waals surface area contributed by atoms with Gasteiger partial charge in [-0.1, -0.05) is 18.2 Å². The standard InChI is InChI=1S/C20H18F3N5O3S/c1-2-31-19(30)27-11-32-10-15(27)17(29)25-18-24-16-8-7-12(9-28(16)26-18)13-5-3-4-6-14(13)20(21,22)23/h3-9,15H,2,10-11H2,1H3,(H,25,26,29)/t15-/m0/s1. The minimum Gasteiger partial charge on any atom is -0.450 e. The number of thioether (sulfide) groups is 1. The third-order valence-corrected chi connectivity index (χ3v) is 5.81. The first-order chi connectivity index (χ1) is 15.3. The van der Waals surface area contributed by atoms with Gasteiger partial charge in [0.05, 0.1) is 18.0 Å². The van der Waals surface area contributed by atoms with E-state index in [9.17, 15) is 22.8 Å². The maximum Gasteiger partial charge on any atom is 0.417 e. The van der Waals surface area contributed by atoms with Crippen molar-refractivity contribution in [1.82, 2.24) is 19.5 Å². The van der Waals surface area contributed by atoms with Crippen molar-refractivity contribution < 1.29 is 27.5 Å². The van der Waals surface area contributed by atoms with E-state index in [1.54, 1.807) is 6.92 Å². The number of nitrogens with one attached hydrogen (secondary N) is 1. The fourth-order valence-electron chi connectivity index (χ4n) is 3.32. The summed E-state index contributed by atoms with van der Waals surface area (Å²) in [6, 6.07) is 7.54. The lowest BCUT2D eigenvalue weighted by molar-refractivity contribution is -0.137. The Morgan fingerprint density at radius 3 is 2.78 bits per heavy atom. The van der Waals surface area contributed by atoms with Gasteiger partial charge in [-0.15, -0.1) is 16.9 Å². The Morgan fingerprint density at radius 1 is 1.25 bits per heavy atom. The Labute approximate surface area is 184 Å². The zero-order valence-electron chi connectivity index (χ0n) is 16.8. The Kier molecular flexibility index (Phi) is 5.96. The third-order valence-electron chi connectivity index (χ3n) is 4.80. The van der Waals surface area contributed by atoms with Gasteiger partial charge in [-0.25, -0.2) is 9.31 Å². The Hall–Kier alpha value is -3.28. The first-order valence-electron chi connectivity index (χ1n) is 9.63. The van der Waals surface area contributed by atoms with Crippen LogP contribution in [0.25, 0.3) is 16.8 Å². The maximum atomic E-state index is 13.4. The van der Waals surface area contributed by atoms with Gasteiger partial charge >= 0.3 is 12.3 Å². The van der Waals surface area contributed by atoms with E-state index in [4.69, 9.17) is 4.74 Å². The molecule has 1 N–H and O–H groups in total. The number of ether oxygens (including phenoxy) is 1. The van der Waals surface area contributed by atoms with Crippen LogP contribution in [0.4, 0.5) is 23.9 Å². The van der Waals surface area contributed by atoms with Crippen LogP contribution in [-0.4, -0.2) is 55.8 Å². The van der Waals surface area contributed by atoms with E-state index in [1.165, 1.54) is 57.7 Å². The van der Waals surface area contributed by atoms with Crippen LogP contribution in [0, 0.1) is 0 Å². The Bertz CT molecular complexity index is 1170. The summed E-state index contributed by atoms with van der Waals surface area (Å²) in [5, 5.41) is 6.73. The SMILES string of the molecule is CCOC(=O)N1CSC[C@H]1C(=O)Nc1nc2ccc(-c3ccccc3C(F)(F)F)cn2n1. The molecule has 3 heterocycles.